The Labute approximate surface area is 97.6 Å². The van der Waals surface area contributed by atoms with E-state index in [-0.39, 0.29) is 18.5 Å². The fourth-order valence-corrected chi connectivity index (χ4v) is 1.75. The van der Waals surface area contributed by atoms with Gasteiger partial charge >= 0.3 is 0 Å². The van der Waals surface area contributed by atoms with Gasteiger partial charge in [0.05, 0.1) is 6.61 Å². The molecular formula is C11H15BrFNO. The van der Waals surface area contributed by atoms with Gasteiger partial charge in [-0.2, -0.15) is 0 Å². The Bertz CT molecular complexity index is 315. The second kappa shape index (κ2) is 6.20. The number of benzene rings is 1. The number of aliphatic hydroxyl groups is 1. The van der Waals surface area contributed by atoms with Crippen LogP contribution in [0.15, 0.2) is 22.7 Å². The molecule has 0 radical (unpaired) electrons. The van der Waals surface area contributed by atoms with Crippen LogP contribution in [0.5, 0.6) is 0 Å². The minimum Gasteiger partial charge on any atom is -0.395 e. The summed E-state index contributed by atoms with van der Waals surface area (Å²) in [6, 6.07) is 4.71. The van der Waals surface area contributed by atoms with Crippen molar-refractivity contribution in [3.63, 3.8) is 0 Å². The van der Waals surface area contributed by atoms with Crippen LogP contribution in [0.1, 0.15) is 18.9 Å². The molecule has 1 aromatic carbocycles. The van der Waals surface area contributed by atoms with Crippen LogP contribution in [-0.2, 0) is 6.54 Å². The average molecular weight is 276 g/mol. The minimum absolute atomic E-state index is 0.0990. The lowest BCUT2D eigenvalue weighted by Gasteiger charge is -2.14. The van der Waals surface area contributed by atoms with Crippen LogP contribution in [0.2, 0.25) is 0 Å². The molecule has 0 spiro atoms. The van der Waals surface area contributed by atoms with Gasteiger partial charge in [0, 0.05) is 17.1 Å². The molecule has 0 saturated heterocycles. The summed E-state index contributed by atoms with van der Waals surface area (Å²) in [4.78, 5) is 0. The summed E-state index contributed by atoms with van der Waals surface area (Å²) in [6.45, 7) is 2.75. The standard InChI is InChI=1S/C11H15BrFNO/c1-2-10(7-15)14-6-8-3-4-9(13)5-11(8)12/h3-5,10,14-15H,2,6-7H2,1H3. The second-order valence-electron chi connectivity index (χ2n) is 3.40. The highest BCUT2D eigenvalue weighted by Crippen LogP contribution is 2.17. The van der Waals surface area contributed by atoms with E-state index >= 15 is 0 Å². The van der Waals surface area contributed by atoms with E-state index in [0.717, 1.165) is 16.5 Å². The molecule has 1 aromatic rings. The van der Waals surface area contributed by atoms with Crippen molar-refractivity contribution in [1.29, 1.82) is 0 Å². The molecule has 0 amide bonds. The Balaban J connectivity index is 2.57. The Morgan fingerprint density at radius 2 is 2.27 bits per heavy atom. The monoisotopic (exact) mass is 275 g/mol. The Hall–Kier alpha value is -0.450. The van der Waals surface area contributed by atoms with Crippen LogP contribution in [-0.4, -0.2) is 17.8 Å². The van der Waals surface area contributed by atoms with E-state index in [4.69, 9.17) is 5.11 Å². The number of nitrogens with one attached hydrogen (secondary N) is 1. The highest BCUT2D eigenvalue weighted by Gasteiger charge is 2.05. The van der Waals surface area contributed by atoms with Crippen molar-refractivity contribution < 1.29 is 9.50 Å². The van der Waals surface area contributed by atoms with Gasteiger partial charge in [-0.25, -0.2) is 4.39 Å². The maximum absolute atomic E-state index is 12.8. The summed E-state index contributed by atoms with van der Waals surface area (Å²) in [6.07, 6.45) is 0.870. The third-order valence-corrected chi connectivity index (χ3v) is 3.05. The summed E-state index contributed by atoms with van der Waals surface area (Å²) < 4.78 is 13.5. The summed E-state index contributed by atoms with van der Waals surface area (Å²) in [5.41, 5.74) is 0.989. The maximum Gasteiger partial charge on any atom is 0.124 e. The molecule has 0 aliphatic carbocycles. The van der Waals surface area contributed by atoms with Gasteiger partial charge in [0.2, 0.25) is 0 Å². The van der Waals surface area contributed by atoms with Crippen molar-refractivity contribution in [2.45, 2.75) is 25.9 Å². The van der Waals surface area contributed by atoms with E-state index < -0.39 is 0 Å². The van der Waals surface area contributed by atoms with E-state index in [1.807, 2.05) is 6.92 Å². The molecule has 0 aliphatic rings. The molecule has 0 fully saturated rings. The first-order valence-electron chi connectivity index (χ1n) is 4.95. The topological polar surface area (TPSA) is 32.3 Å². The van der Waals surface area contributed by atoms with Crippen LogP contribution in [0.25, 0.3) is 0 Å². The van der Waals surface area contributed by atoms with Gasteiger partial charge in [-0.15, -0.1) is 0 Å². The third-order valence-electron chi connectivity index (χ3n) is 2.31. The van der Waals surface area contributed by atoms with Crippen LogP contribution in [0, 0.1) is 5.82 Å². The molecule has 1 atom stereocenters. The summed E-state index contributed by atoms with van der Waals surface area (Å²) >= 11 is 3.30. The lowest BCUT2D eigenvalue weighted by atomic mass is 10.2. The predicted molar refractivity (Wildman–Crippen MR) is 62.1 cm³/mol. The molecule has 15 heavy (non-hydrogen) atoms. The number of rotatable bonds is 5. The summed E-state index contributed by atoms with van der Waals surface area (Å²) in [5, 5.41) is 12.2. The van der Waals surface area contributed by atoms with Gasteiger partial charge < -0.3 is 10.4 Å². The lowest BCUT2D eigenvalue weighted by molar-refractivity contribution is 0.238. The summed E-state index contributed by atoms with van der Waals surface area (Å²) in [7, 11) is 0. The van der Waals surface area contributed by atoms with Gasteiger partial charge in [-0.1, -0.05) is 28.9 Å². The zero-order valence-electron chi connectivity index (χ0n) is 8.63. The largest absolute Gasteiger partial charge is 0.395 e. The highest BCUT2D eigenvalue weighted by molar-refractivity contribution is 9.10. The van der Waals surface area contributed by atoms with Gasteiger partial charge in [0.25, 0.3) is 0 Å². The molecule has 2 N–H and O–H groups in total. The first kappa shape index (κ1) is 12.6. The van der Waals surface area contributed by atoms with Gasteiger partial charge in [0.15, 0.2) is 0 Å². The second-order valence-corrected chi connectivity index (χ2v) is 4.26. The first-order chi connectivity index (χ1) is 7.17. The Morgan fingerprint density at radius 3 is 2.80 bits per heavy atom. The maximum atomic E-state index is 12.8. The van der Waals surface area contributed by atoms with Gasteiger partial charge in [0.1, 0.15) is 5.82 Å². The van der Waals surface area contributed by atoms with E-state index in [0.29, 0.717) is 6.54 Å². The molecule has 0 aromatic heterocycles. The zero-order valence-corrected chi connectivity index (χ0v) is 10.2. The van der Waals surface area contributed by atoms with E-state index in [2.05, 4.69) is 21.2 Å². The number of hydrogen-bond acceptors (Lipinski definition) is 2. The first-order valence-corrected chi connectivity index (χ1v) is 5.74. The molecule has 4 heteroatoms. The van der Waals surface area contributed by atoms with Crippen LogP contribution < -0.4 is 5.32 Å². The van der Waals surface area contributed by atoms with Gasteiger partial charge in [-0.05, 0) is 24.1 Å². The van der Waals surface area contributed by atoms with Crippen LogP contribution >= 0.6 is 15.9 Å². The Kier molecular flexibility index (Phi) is 5.22. The number of hydrogen-bond donors (Lipinski definition) is 2. The van der Waals surface area contributed by atoms with Crippen molar-refractivity contribution in [3.05, 3.63) is 34.1 Å². The van der Waals surface area contributed by atoms with Crippen LogP contribution in [0.3, 0.4) is 0 Å². The molecule has 1 rings (SSSR count). The van der Waals surface area contributed by atoms with E-state index in [1.165, 1.54) is 12.1 Å². The predicted octanol–water partition coefficient (Wildman–Crippen LogP) is 2.45. The van der Waals surface area contributed by atoms with Crippen molar-refractivity contribution >= 4 is 15.9 Å². The quantitative estimate of drug-likeness (QED) is 0.865. The number of aliphatic hydroxyl groups excluding tert-OH is 1. The number of halogens is 2. The molecular weight excluding hydrogens is 261 g/mol. The zero-order chi connectivity index (χ0) is 11.3. The SMILES string of the molecule is CCC(CO)NCc1ccc(F)cc1Br. The normalized spacial score (nSPS) is 12.8. The smallest absolute Gasteiger partial charge is 0.124 e. The highest BCUT2D eigenvalue weighted by atomic mass is 79.9. The average Bonchev–Trinajstić information content (AvgIpc) is 2.22. The molecule has 2 nitrogen and oxygen atoms in total. The lowest BCUT2D eigenvalue weighted by Crippen LogP contribution is -2.31. The summed E-state index contributed by atoms with van der Waals surface area (Å²) in [5.74, 6) is -0.250. The van der Waals surface area contributed by atoms with Crippen molar-refractivity contribution in [3.8, 4) is 0 Å². The van der Waals surface area contributed by atoms with Crippen molar-refractivity contribution in [2.75, 3.05) is 6.61 Å². The molecule has 0 bridgehead atoms. The van der Waals surface area contributed by atoms with Crippen molar-refractivity contribution in [2.24, 2.45) is 0 Å². The minimum atomic E-state index is -0.250. The molecule has 84 valence electrons. The van der Waals surface area contributed by atoms with E-state index in [1.54, 1.807) is 6.07 Å². The fourth-order valence-electron chi connectivity index (χ4n) is 1.26. The molecule has 1 unspecified atom stereocenters. The molecule has 0 aliphatic heterocycles. The van der Waals surface area contributed by atoms with Crippen molar-refractivity contribution in [1.82, 2.24) is 5.32 Å². The third kappa shape index (κ3) is 3.89. The molecule has 0 saturated carbocycles. The Morgan fingerprint density at radius 1 is 1.53 bits per heavy atom. The molecule has 0 heterocycles. The fraction of sp³-hybridized carbons (Fsp3) is 0.455. The van der Waals surface area contributed by atoms with Gasteiger partial charge in [-0.3, -0.25) is 0 Å². The van der Waals surface area contributed by atoms with Crippen LogP contribution in [0.4, 0.5) is 4.39 Å². The van der Waals surface area contributed by atoms with E-state index in [9.17, 15) is 4.39 Å².